The average Bonchev–Trinajstić information content (AvgIpc) is 3.48. The van der Waals surface area contributed by atoms with E-state index in [9.17, 15) is 5.11 Å². The maximum Gasteiger partial charge on any atom is 0.204 e. The smallest absolute Gasteiger partial charge is 0.204 e. The van der Waals surface area contributed by atoms with Crippen LogP contribution in [0.2, 0.25) is 0 Å². The Morgan fingerprint density at radius 1 is 0.700 bits per heavy atom. The first-order valence-electron chi connectivity index (χ1n) is 17.1. The molecule has 0 amide bonds. The number of benzene rings is 4. The van der Waals surface area contributed by atoms with Crippen molar-refractivity contribution in [3.8, 4) is 46.0 Å². The molecule has 5 unspecified atom stereocenters. The van der Waals surface area contributed by atoms with Gasteiger partial charge in [-0.15, -0.1) is 0 Å². The molecule has 4 aromatic rings. The summed E-state index contributed by atoms with van der Waals surface area (Å²) >= 11 is 0. The highest BCUT2D eigenvalue weighted by atomic mass is 16.5. The molecule has 9 nitrogen and oxygen atoms in total. The van der Waals surface area contributed by atoms with Gasteiger partial charge >= 0.3 is 0 Å². The van der Waals surface area contributed by atoms with E-state index in [1.165, 1.54) is 12.7 Å². The Morgan fingerprint density at radius 2 is 1.30 bits per heavy atom. The number of ether oxygens (including phenoxy) is 8. The van der Waals surface area contributed by atoms with E-state index in [4.69, 9.17) is 37.9 Å². The molecular weight excluding hydrogens is 636 g/mol. The molecule has 0 aliphatic carbocycles. The van der Waals surface area contributed by atoms with Crippen molar-refractivity contribution < 1.29 is 43.0 Å². The Hall–Kier alpha value is -4.76. The summed E-state index contributed by atoms with van der Waals surface area (Å²) in [7, 11) is 8.13. The minimum atomic E-state index is -0.349. The van der Waals surface area contributed by atoms with Gasteiger partial charge in [-0.3, -0.25) is 0 Å². The molecule has 9 heteroatoms. The minimum Gasteiger partial charge on any atom is -0.504 e. The molecule has 5 atom stereocenters. The summed E-state index contributed by atoms with van der Waals surface area (Å²) in [6, 6.07) is 21.5. The van der Waals surface area contributed by atoms with Crippen LogP contribution >= 0.6 is 0 Å². The number of rotatable bonds is 16. The lowest BCUT2D eigenvalue weighted by Gasteiger charge is -2.24. The number of fused-ring (bicyclic) bond motifs is 1. The Labute approximate surface area is 296 Å². The zero-order chi connectivity index (χ0) is 35.9. The third-order valence-corrected chi connectivity index (χ3v) is 9.40. The lowest BCUT2D eigenvalue weighted by atomic mass is 9.90. The van der Waals surface area contributed by atoms with Gasteiger partial charge in [0, 0.05) is 24.2 Å². The Morgan fingerprint density at radius 3 is 1.88 bits per heavy atom. The van der Waals surface area contributed by atoms with Crippen LogP contribution in [0, 0.1) is 0 Å². The molecule has 0 radical (unpaired) electrons. The summed E-state index contributed by atoms with van der Waals surface area (Å²) in [4.78, 5) is 0. The SMILES string of the molecule is CCC(Oc1ccc(CC(C)OC)cc1)c1cc(OC)c2c(c1)C(C)C(c1cc(OC)c(OC(CC)c3ccc(O)c(OC)c3)c(OC)c1)O2. The maximum absolute atomic E-state index is 10.1. The molecule has 0 saturated heterocycles. The molecule has 5 rings (SSSR count). The van der Waals surface area contributed by atoms with Crippen LogP contribution in [0.5, 0.6) is 46.0 Å². The molecule has 1 N–H and O–H groups in total. The number of methoxy groups -OCH3 is 5. The zero-order valence-corrected chi connectivity index (χ0v) is 30.6. The van der Waals surface area contributed by atoms with Crippen LogP contribution in [0.25, 0.3) is 0 Å². The molecule has 0 aromatic heterocycles. The third-order valence-electron chi connectivity index (χ3n) is 9.40. The molecule has 4 aromatic carbocycles. The topological polar surface area (TPSA) is 94.1 Å². The van der Waals surface area contributed by atoms with Crippen LogP contribution in [0.1, 0.15) is 92.6 Å². The quantitative estimate of drug-likeness (QED) is 0.124. The minimum absolute atomic E-state index is 0.0209. The average molecular weight is 687 g/mol. The van der Waals surface area contributed by atoms with E-state index in [-0.39, 0.29) is 36.1 Å². The molecule has 1 aliphatic rings. The van der Waals surface area contributed by atoms with E-state index in [0.29, 0.717) is 40.9 Å². The highest BCUT2D eigenvalue weighted by molar-refractivity contribution is 5.59. The van der Waals surface area contributed by atoms with Crippen molar-refractivity contribution in [2.45, 2.75) is 77.3 Å². The molecule has 0 fully saturated rings. The number of hydrogen-bond acceptors (Lipinski definition) is 9. The Bertz CT molecular complexity index is 1710. The van der Waals surface area contributed by atoms with Gasteiger partial charge in [0.15, 0.2) is 34.5 Å². The van der Waals surface area contributed by atoms with Crippen molar-refractivity contribution in [1.82, 2.24) is 0 Å². The van der Waals surface area contributed by atoms with Gasteiger partial charge in [0.05, 0.1) is 34.5 Å². The highest BCUT2D eigenvalue weighted by Crippen LogP contribution is 2.53. The lowest BCUT2D eigenvalue weighted by molar-refractivity contribution is 0.119. The molecule has 50 heavy (non-hydrogen) atoms. The van der Waals surface area contributed by atoms with Crippen LogP contribution in [-0.4, -0.2) is 46.8 Å². The highest BCUT2D eigenvalue weighted by Gasteiger charge is 2.37. The Kier molecular flexibility index (Phi) is 11.9. The van der Waals surface area contributed by atoms with Crippen molar-refractivity contribution in [3.05, 3.63) is 94.5 Å². The monoisotopic (exact) mass is 686 g/mol. The maximum atomic E-state index is 10.1. The molecule has 0 bridgehead atoms. The molecule has 1 aliphatic heterocycles. The van der Waals surface area contributed by atoms with Crippen molar-refractivity contribution in [3.63, 3.8) is 0 Å². The fraction of sp³-hybridized carbons (Fsp3) is 0.415. The second-order valence-electron chi connectivity index (χ2n) is 12.6. The van der Waals surface area contributed by atoms with Gasteiger partial charge < -0.3 is 43.0 Å². The van der Waals surface area contributed by atoms with Crippen molar-refractivity contribution in [2.75, 3.05) is 35.5 Å². The fourth-order valence-electron chi connectivity index (χ4n) is 6.47. The summed E-state index contributed by atoms with van der Waals surface area (Å²) < 4.78 is 48.1. The molecule has 268 valence electrons. The summed E-state index contributed by atoms with van der Waals surface area (Å²) in [6.07, 6.45) is 1.56. The Balaban J connectivity index is 1.41. The van der Waals surface area contributed by atoms with Crippen molar-refractivity contribution >= 4 is 0 Å². The second kappa shape index (κ2) is 16.3. The largest absolute Gasteiger partial charge is 0.504 e. The molecule has 0 spiro atoms. The lowest BCUT2D eigenvalue weighted by Crippen LogP contribution is -2.11. The van der Waals surface area contributed by atoms with Gasteiger partial charge in [0.1, 0.15) is 24.1 Å². The van der Waals surface area contributed by atoms with Crippen LogP contribution < -0.4 is 33.2 Å². The standard InChI is InChI=1S/C41H50O9/c1-10-33(27-14-17-32(42)35(20-27)44-6)49-41-37(46-8)22-29(23-38(41)47-9)39-25(4)31-19-28(21-36(45-7)40(31)50-39)34(11-2)48-30-15-12-26(13-16-30)18-24(3)43-5/h12-17,19-25,33-34,39,42H,10-11,18H2,1-9H3. The van der Waals surface area contributed by atoms with Crippen LogP contribution in [0.3, 0.4) is 0 Å². The van der Waals surface area contributed by atoms with Crippen LogP contribution in [0.15, 0.2) is 66.7 Å². The number of phenols is 1. The van der Waals surface area contributed by atoms with E-state index in [0.717, 1.165) is 40.8 Å². The summed E-state index contributed by atoms with van der Waals surface area (Å²) in [5, 5.41) is 10.1. The summed E-state index contributed by atoms with van der Waals surface area (Å²) in [6.45, 7) is 8.35. The van der Waals surface area contributed by atoms with Crippen LogP contribution in [-0.2, 0) is 11.2 Å². The number of aromatic hydroxyl groups is 1. The van der Waals surface area contributed by atoms with Crippen LogP contribution in [0.4, 0.5) is 0 Å². The normalized spacial score (nSPS) is 16.8. The molecule has 0 saturated carbocycles. The van der Waals surface area contributed by atoms with Gasteiger partial charge in [-0.1, -0.05) is 39.0 Å². The predicted molar refractivity (Wildman–Crippen MR) is 193 cm³/mol. The number of hydrogen-bond donors (Lipinski definition) is 1. The molecule has 1 heterocycles. The van der Waals surface area contributed by atoms with Crippen molar-refractivity contribution in [1.29, 1.82) is 0 Å². The summed E-state index contributed by atoms with van der Waals surface area (Å²) in [5.74, 6) is 4.12. The predicted octanol–water partition coefficient (Wildman–Crippen LogP) is 9.30. The van der Waals surface area contributed by atoms with Crippen molar-refractivity contribution in [2.24, 2.45) is 0 Å². The zero-order valence-electron chi connectivity index (χ0n) is 30.6. The van der Waals surface area contributed by atoms with Gasteiger partial charge in [0.2, 0.25) is 5.75 Å². The first-order chi connectivity index (χ1) is 24.2. The van der Waals surface area contributed by atoms with E-state index in [1.54, 1.807) is 40.6 Å². The van der Waals surface area contributed by atoms with Gasteiger partial charge in [-0.2, -0.15) is 0 Å². The first kappa shape index (κ1) is 36.5. The van der Waals surface area contributed by atoms with E-state index < -0.39 is 0 Å². The second-order valence-corrected chi connectivity index (χ2v) is 12.6. The van der Waals surface area contributed by atoms with Gasteiger partial charge in [-0.25, -0.2) is 0 Å². The van der Waals surface area contributed by atoms with E-state index in [1.807, 2.05) is 43.3 Å². The molecular formula is C41H50O9. The first-order valence-corrected chi connectivity index (χ1v) is 17.1. The van der Waals surface area contributed by atoms with Gasteiger partial charge in [0.25, 0.3) is 0 Å². The van der Waals surface area contributed by atoms with Gasteiger partial charge in [-0.05, 0) is 91.4 Å². The van der Waals surface area contributed by atoms with E-state index >= 15 is 0 Å². The van der Waals surface area contributed by atoms with E-state index in [2.05, 4.69) is 39.0 Å². The third kappa shape index (κ3) is 7.68. The fourth-order valence-corrected chi connectivity index (χ4v) is 6.47. The summed E-state index contributed by atoms with van der Waals surface area (Å²) in [5.41, 5.74) is 4.99. The number of phenolic OH excluding ortho intramolecular Hbond substituents is 1.